The third kappa shape index (κ3) is 9.39. The van der Waals surface area contributed by atoms with Gasteiger partial charge in [-0.15, -0.1) is 0 Å². The first-order valence-corrected chi connectivity index (χ1v) is 11.9. The number of hydrogen-bond acceptors (Lipinski definition) is 8. The fraction of sp³-hybridized carbons (Fsp3) is 0.417. The molecule has 0 saturated heterocycles. The number of aliphatic hydroxyl groups excluding tert-OH is 1. The van der Waals surface area contributed by atoms with E-state index in [4.69, 9.17) is 15.9 Å². The minimum atomic E-state index is -1.61. The van der Waals surface area contributed by atoms with Gasteiger partial charge in [0.25, 0.3) is 0 Å². The third-order valence-electron chi connectivity index (χ3n) is 5.81. The predicted octanol–water partition coefficient (Wildman–Crippen LogP) is -1.70. The van der Waals surface area contributed by atoms with Crippen LogP contribution in [0.2, 0.25) is 0 Å². The summed E-state index contributed by atoms with van der Waals surface area (Å²) in [6.07, 6.45) is -0.468. The molecule has 0 bridgehead atoms. The number of nitrogens with one attached hydrogen (secondary N) is 4. The monoisotopic (exact) mass is 549 g/mol. The van der Waals surface area contributed by atoms with Crippen LogP contribution in [0, 0.1) is 0 Å². The quantitative estimate of drug-likeness (QED) is 0.114. The lowest BCUT2D eigenvalue weighted by Gasteiger charge is -2.25. The van der Waals surface area contributed by atoms with E-state index in [2.05, 4.69) is 20.9 Å². The first kappa shape index (κ1) is 30.7. The molecule has 4 unspecified atom stereocenters. The van der Waals surface area contributed by atoms with E-state index in [0.717, 1.165) is 10.9 Å². The SMILES string of the molecule is NC(CO)C(=O)NC(Cc1c[nH]c2ccccc12)C(=O)NC(CCC(=O)O)C(=O)NC(CCC(=O)O)C(=O)O. The number of aliphatic carboxylic acids is 3. The lowest BCUT2D eigenvalue weighted by Crippen LogP contribution is -2.58. The van der Waals surface area contributed by atoms with Crippen LogP contribution < -0.4 is 21.7 Å². The van der Waals surface area contributed by atoms with Crippen molar-refractivity contribution in [2.24, 2.45) is 5.73 Å². The van der Waals surface area contributed by atoms with Crippen LogP contribution in [0.25, 0.3) is 10.9 Å². The van der Waals surface area contributed by atoms with E-state index in [0.29, 0.717) is 5.56 Å². The summed E-state index contributed by atoms with van der Waals surface area (Å²) in [5, 5.41) is 44.1. The number of carbonyl (C=O) groups excluding carboxylic acids is 3. The summed E-state index contributed by atoms with van der Waals surface area (Å²) in [6.45, 7) is -0.705. The summed E-state index contributed by atoms with van der Waals surface area (Å²) in [6, 6.07) is 1.33. The number of benzene rings is 1. The molecular weight excluding hydrogens is 518 g/mol. The molecule has 3 amide bonds. The minimum Gasteiger partial charge on any atom is -0.481 e. The summed E-state index contributed by atoms with van der Waals surface area (Å²) in [4.78, 5) is 75.0. The van der Waals surface area contributed by atoms with E-state index in [1.165, 1.54) is 0 Å². The second-order valence-corrected chi connectivity index (χ2v) is 8.74. The van der Waals surface area contributed by atoms with Gasteiger partial charge in [-0.25, -0.2) is 4.79 Å². The Hall–Kier alpha value is -4.50. The number of carboxylic acids is 3. The minimum absolute atomic E-state index is 0.0800. The topological polar surface area (TPSA) is 261 Å². The van der Waals surface area contributed by atoms with Crippen molar-refractivity contribution in [2.45, 2.75) is 56.3 Å². The number of carbonyl (C=O) groups is 6. The van der Waals surface area contributed by atoms with Gasteiger partial charge in [-0.2, -0.15) is 0 Å². The molecule has 0 spiro atoms. The Kier molecular flexibility index (Phi) is 11.4. The molecule has 15 nitrogen and oxygen atoms in total. The maximum Gasteiger partial charge on any atom is 0.326 e. The Balaban J connectivity index is 2.29. The number of amides is 3. The van der Waals surface area contributed by atoms with Crippen LogP contribution in [0.4, 0.5) is 0 Å². The van der Waals surface area contributed by atoms with E-state index in [1.807, 2.05) is 0 Å². The van der Waals surface area contributed by atoms with Gasteiger partial charge >= 0.3 is 17.9 Å². The number of nitrogens with two attached hydrogens (primary N) is 1. The van der Waals surface area contributed by atoms with E-state index >= 15 is 0 Å². The fourth-order valence-corrected chi connectivity index (χ4v) is 3.70. The summed E-state index contributed by atoms with van der Waals surface area (Å²) < 4.78 is 0. The Morgan fingerprint density at radius 3 is 1.92 bits per heavy atom. The molecule has 1 aromatic heterocycles. The van der Waals surface area contributed by atoms with Crippen molar-refractivity contribution < 1.29 is 49.2 Å². The summed E-state index contributed by atoms with van der Waals surface area (Å²) >= 11 is 0. The van der Waals surface area contributed by atoms with Crippen LogP contribution in [0.5, 0.6) is 0 Å². The standard InChI is InChI=1S/C24H31N5O10/c25-14(11-30)21(35)29-18(9-12-10-26-15-4-2-1-3-13(12)15)23(37)27-16(5-7-19(31)32)22(36)28-17(24(38)39)6-8-20(33)34/h1-4,10,14,16-18,26,30H,5-9,11,25H2,(H,27,37)(H,28,36)(H,29,35)(H,31,32)(H,33,34)(H,38,39). The second-order valence-electron chi connectivity index (χ2n) is 8.74. The van der Waals surface area contributed by atoms with Crippen molar-refractivity contribution in [3.63, 3.8) is 0 Å². The van der Waals surface area contributed by atoms with Crippen molar-refractivity contribution in [2.75, 3.05) is 6.61 Å². The first-order chi connectivity index (χ1) is 18.4. The van der Waals surface area contributed by atoms with Gasteiger partial charge in [0.1, 0.15) is 24.2 Å². The van der Waals surface area contributed by atoms with E-state index < -0.39 is 92.1 Å². The van der Waals surface area contributed by atoms with Gasteiger partial charge in [0.05, 0.1) is 6.61 Å². The molecule has 4 atom stereocenters. The van der Waals surface area contributed by atoms with Crippen molar-refractivity contribution in [1.82, 2.24) is 20.9 Å². The van der Waals surface area contributed by atoms with E-state index in [-0.39, 0.29) is 6.42 Å². The van der Waals surface area contributed by atoms with Gasteiger partial charge in [-0.05, 0) is 24.5 Å². The number of rotatable bonds is 16. The normalized spacial score (nSPS) is 14.0. The predicted molar refractivity (Wildman–Crippen MR) is 134 cm³/mol. The largest absolute Gasteiger partial charge is 0.481 e. The van der Waals surface area contributed by atoms with Crippen molar-refractivity contribution in [3.8, 4) is 0 Å². The van der Waals surface area contributed by atoms with Gasteiger partial charge in [0, 0.05) is 36.4 Å². The first-order valence-electron chi connectivity index (χ1n) is 11.9. The highest BCUT2D eigenvalue weighted by Gasteiger charge is 2.31. The molecule has 15 heteroatoms. The van der Waals surface area contributed by atoms with Crippen LogP contribution in [0.1, 0.15) is 31.2 Å². The van der Waals surface area contributed by atoms with Crippen molar-refractivity contribution in [3.05, 3.63) is 36.0 Å². The maximum atomic E-state index is 13.3. The number of H-pyrrole nitrogens is 1. The molecular formula is C24H31N5O10. The Bertz CT molecular complexity index is 1210. The van der Waals surface area contributed by atoms with E-state index in [1.54, 1.807) is 30.5 Å². The highest BCUT2D eigenvalue weighted by atomic mass is 16.4. The zero-order chi connectivity index (χ0) is 29.1. The van der Waals surface area contributed by atoms with E-state index in [9.17, 15) is 39.0 Å². The van der Waals surface area contributed by atoms with Crippen LogP contribution in [-0.2, 0) is 35.2 Å². The van der Waals surface area contributed by atoms with Gasteiger partial charge in [-0.3, -0.25) is 24.0 Å². The number of aliphatic hydroxyl groups is 1. The molecule has 212 valence electrons. The molecule has 10 N–H and O–H groups in total. The summed E-state index contributed by atoms with van der Waals surface area (Å²) in [7, 11) is 0. The molecule has 2 rings (SSSR count). The smallest absolute Gasteiger partial charge is 0.326 e. The van der Waals surface area contributed by atoms with Crippen LogP contribution in [0.3, 0.4) is 0 Å². The molecule has 0 aliphatic carbocycles. The van der Waals surface area contributed by atoms with Gasteiger partial charge in [0.15, 0.2) is 0 Å². The lowest BCUT2D eigenvalue weighted by molar-refractivity contribution is -0.144. The number of carboxylic acid groups (broad SMARTS) is 3. The molecule has 0 radical (unpaired) electrons. The van der Waals surface area contributed by atoms with Gasteiger partial charge in [-0.1, -0.05) is 18.2 Å². The number of aromatic nitrogens is 1. The van der Waals surface area contributed by atoms with Crippen LogP contribution >= 0.6 is 0 Å². The highest BCUT2D eigenvalue weighted by Crippen LogP contribution is 2.19. The Morgan fingerprint density at radius 2 is 1.33 bits per heavy atom. The summed E-state index contributed by atoms with van der Waals surface area (Å²) in [5.74, 6) is -6.91. The number of fused-ring (bicyclic) bond motifs is 1. The second kappa shape index (κ2) is 14.4. The van der Waals surface area contributed by atoms with Gasteiger partial charge in [0.2, 0.25) is 17.7 Å². The Morgan fingerprint density at radius 1 is 0.795 bits per heavy atom. The zero-order valence-corrected chi connectivity index (χ0v) is 20.8. The molecule has 0 fully saturated rings. The molecule has 1 heterocycles. The van der Waals surface area contributed by atoms with Crippen molar-refractivity contribution >= 4 is 46.5 Å². The molecule has 0 aliphatic heterocycles. The summed E-state index contributed by atoms with van der Waals surface area (Å²) in [5.41, 5.74) is 6.94. The maximum absolute atomic E-state index is 13.3. The molecule has 1 aromatic carbocycles. The number of hydrogen-bond donors (Lipinski definition) is 9. The lowest BCUT2D eigenvalue weighted by atomic mass is 10.0. The van der Waals surface area contributed by atoms with Crippen molar-refractivity contribution in [1.29, 1.82) is 0 Å². The number of para-hydroxylation sites is 1. The third-order valence-corrected chi connectivity index (χ3v) is 5.81. The molecule has 39 heavy (non-hydrogen) atoms. The molecule has 0 saturated carbocycles. The number of aromatic amines is 1. The average molecular weight is 550 g/mol. The zero-order valence-electron chi connectivity index (χ0n) is 20.8. The van der Waals surface area contributed by atoms with Crippen LogP contribution in [0.15, 0.2) is 30.5 Å². The van der Waals surface area contributed by atoms with Crippen LogP contribution in [-0.4, -0.2) is 91.8 Å². The van der Waals surface area contributed by atoms with Gasteiger partial charge < -0.3 is 47.1 Å². The highest BCUT2D eigenvalue weighted by molar-refractivity contribution is 5.95. The molecule has 0 aliphatic rings. The molecule has 2 aromatic rings. The Labute approximate surface area is 221 Å². The fourth-order valence-electron chi connectivity index (χ4n) is 3.70. The average Bonchev–Trinajstić information content (AvgIpc) is 3.29.